The largest absolute Gasteiger partial charge is 0.326 e. The molecule has 0 bridgehead atoms. The van der Waals surface area contributed by atoms with Gasteiger partial charge in [-0.2, -0.15) is 0 Å². The van der Waals surface area contributed by atoms with E-state index in [1.165, 1.54) is 34.1 Å². The zero-order valence-corrected chi connectivity index (χ0v) is 21.6. The number of anilines is 1. The highest BCUT2D eigenvalue weighted by Crippen LogP contribution is 2.37. The number of carbonyl (C=O) groups excluding carboxylic acids is 3. The maximum absolute atomic E-state index is 14.1. The van der Waals surface area contributed by atoms with Crippen molar-refractivity contribution in [3.63, 3.8) is 0 Å². The summed E-state index contributed by atoms with van der Waals surface area (Å²) in [6.45, 7) is 6.04. The van der Waals surface area contributed by atoms with E-state index in [-0.39, 0.29) is 31.4 Å². The minimum atomic E-state index is -0.880. The van der Waals surface area contributed by atoms with Crippen molar-refractivity contribution in [3.8, 4) is 0 Å². The van der Waals surface area contributed by atoms with Crippen LogP contribution in [0.3, 0.4) is 0 Å². The summed E-state index contributed by atoms with van der Waals surface area (Å²) in [6, 6.07) is 20.7. The number of rotatable bonds is 8. The van der Waals surface area contributed by atoms with E-state index >= 15 is 0 Å². The van der Waals surface area contributed by atoms with E-state index in [0.29, 0.717) is 17.0 Å². The van der Waals surface area contributed by atoms with Crippen molar-refractivity contribution in [3.05, 3.63) is 125 Å². The van der Waals surface area contributed by atoms with Gasteiger partial charge in [0.15, 0.2) is 0 Å². The van der Waals surface area contributed by atoms with Crippen molar-refractivity contribution in [2.45, 2.75) is 25.4 Å². The first kappa shape index (κ1) is 25.9. The highest BCUT2D eigenvalue weighted by atomic mass is 19.1. The number of nitrogens with one attached hydrogen (secondary N) is 2. The summed E-state index contributed by atoms with van der Waals surface area (Å²) in [5.41, 5.74) is 4.14. The van der Waals surface area contributed by atoms with Crippen LogP contribution in [-0.2, 0) is 16.0 Å². The number of hydrogen-bond acceptors (Lipinski definition) is 3. The highest BCUT2D eigenvalue weighted by molar-refractivity contribution is 6.05. The summed E-state index contributed by atoms with van der Waals surface area (Å²) in [4.78, 5) is 44.0. The minimum absolute atomic E-state index is 0.0894. The van der Waals surface area contributed by atoms with Gasteiger partial charge in [-0.15, -0.1) is 6.58 Å². The van der Waals surface area contributed by atoms with Crippen LogP contribution in [0.15, 0.2) is 103 Å². The van der Waals surface area contributed by atoms with Crippen LogP contribution < -0.4 is 10.6 Å². The number of hydrogen-bond donors (Lipinski definition) is 2. The number of carbonyl (C=O) groups is 3. The zero-order chi connectivity index (χ0) is 27.5. The number of aryl methyl sites for hydroxylation is 1. The lowest BCUT2D eigenvalue weighted by atomic mass is 9.94. The third kappa shape index (κ3) is 5.31. The van der Waals surface area contributed by atoms with Gasteiger partial charge >= 0.3 is 6.03 Å². The molecule has 0 aliphatic carbocycles. The normalized spacial score (nSPS) is 17.5. The van der Waals surface area contributed by atoms with Crippen LogP contribution in [0, 0.1) is 12.7 Å². The number of benzene rings is 3. The summed E-state index contributed by atoms with van der Waals surface area (Å²) < 4.78 is 13.5. The molecule has 2 heterocycles. The first-order valence-corrected chi connectivity index (χ1v) is 12.8. The van der Waals surface area contributed by atoms with E-state index < -0.39 is 23.8 Å². The molecule has 3 aromatic rings. The molecule has 0 unspecified atom stereocenters. The fraction of sp³-hybridized carbons (Fsp3) is 0.194. The molecule has 0 saturated carbocycles. The van der Waals surface area contributed by atoms with Gasteiger partial charge in [-0.05, 0) is 42.3 Å². The Morgan fingerprint density at radius 3 is 2.44 bits per heavy atom. The van der Waals surface area contributed by atoms with E-state index in [1.54, 1.807) is 6.08 Å². The molecule has 8 heteroatoms. The number of amides is 4. The van der Waals surface area contributed by atoms with E-state index in [1.807, 2.05) is 61.5 Å². The first-order valence-electron chi connectivity index (χ1n) is 12.8. The Morgan fingerprint density at radius 1 is 1.08 bits per heavy atom. The predicted octanol–water partition coefficient (Wildman–Crippen LogP) is 4.73. The van der Waals surface area contributed by atoms with Crippen LogP contribution in [0.25, 0.3) is 0 Å². The Labute approximate surface area is 226 Å². The molecule has 2 aliphatic heterocycles. The highest BCUT2D eigenvalue weighted by Gasteiger charge is 2.46. The molecule has 39 heavy (non-hydrogen) atoms. The van der Waals surface area contributed by atoms with Crippen LogP contribution in [0.5, 0.6) is 0 Å². The molecule has 0 radical (unpaired) electrons. The van der Waals surface area contributed by atoms with Crippen LogP contribution in [-0.4, -0.2) is 46.8 Å². The average molecular weight is 525 g/mol. The van der Waals surface area contributed by atoms with E-state index in [4.69, 9.17) is 0 Å². The molecule has 2 atom stereocenters. The fourth-order valence-corrected chi connectivity index (χ4v) is 5.04. The quantitative estimate of drug-likeness (QED) is 0.418. The van der Waals surface area contributed by atoms with Gasteiger partial charge in [0.25, 0.3) is 5.91 Å². The molecule has 2 N–H and O–H groups in total. The van der Waals surface area contributed by atoms with Gasteiger partial charge in [-0.3, -0.25) is 14.5 Å². The molecule has 4 amide bonds. The van der Waals surface area contributed by atoms with Gasteiger partial charge in [-0.1, -0.05) is 66.2 Å². The Balaban J connectivity index is 1.52. The summed E-state index contributed by atoms with van der Waals surface area (Å²) in [5, 5.41) is 5.80. The fourth-order valence-electron chi connectivity index (χ4n) is 5.04. The van der Waals surface area contributed by atoms with Crippen LogP contribution in [0.4, 0.5) is 14.9 Å². The Hall–Kier alpha value is -4.72. The second kappa shape index (κ2) is 10.9. The lowest BCUT2D eigenvalue weighted by Crippen LogP contribution is -2.47. The predicted molar refractivity (Wildman–Crippen MR) is 147 cm³/mol. The Morgan fingerprint density at radius 2 is 1.77 bits per heavy atom. The van der Waals surface area contributed by atoms with Gasteiger partial charge < -0.3 is 15.5 Å². The summed E-state index contributed by atoms with van der Waals surface area (Å²) in [6.07, 6.45) is 1.87. The first-order chi connectivity index (χ1) is 18.9. The molecule has 2 aliphatic rings. The summed E-state index contributed by atoms with van der Waals surface area (Å²) in [5.74, 6) is -1.14. The van der Waals surface area contributed by atoms with E-state index in [9.17, 15) is 18.8 Å². The SMILES string of the molecule is C=CCN1C(=O)N[C@H](c2ccc(C)cc2)C2=C1CN([C@@H](Cc1ccccc1)C(=O)Nc1ccc(F)cc1)C2=O. The molecule has 198 valence electrons. The molecule has 3 aromatic carbocycles. The van der Waals surface area contributed by atoms with Gasteiger partial charge in [0.2, 0.25) is 5.91 Å². The molecule has 0 fully saturated rings. The molecule has 7 nitrogen and oxygen atoms in total. The van der Waals surface area contributed by atoms with Crippen molar-refractivity contribution in [2.75, 3.05) is 18.4 Å². The topological polar surface area (TPSA) is 81.8 Å². The molecule has 0 spiro atoms. The second-order valence-electron chi connectivity index (χ2n) is 9.69. The molecule has 5 rings (SSSR count). The van der Waals surface area contributed by atoms with Gasteiger partial charge in [0, 0.05) is 18.7 Å². The number of nitrogens with zero attached hydrogens (tertiary/aromatic N) is 2. The van der Waals surface area contributed by atoms with Crippen LogP contribution >= 0.6 is 0 Å². The number of halogens is 1. The molecule has 0 aromatic heterocycles. The van der Waals surface area contributed by atoms with E-state index in [2.05, 4.69) is 17.2 Å². The Kier molecular flexibility index (Phi) is 7.27. The van der Waals surface area contributed by atoms with Crippen LogP contribution in [0.1, 0.15) is 22.7 Å². The van der Waals surface area contributed by atoms with Gasteiger partial charge in [0.05, 0.1) is 23.9 Å². The van der Waals surface area contributed by atoms with Crippen LogP contribution in [0.2, 0.25) is 0 Å². The minimum Gasteiger partial charge on any atom is -0.326 e. The van der Waals surface area contributed by atoms with Crippen molar-refractivity contribution >= 4 is 23.5 Å². The van der Waals surface area contributed by atoms with Crippen molar-refractivity contribution in [1.29, 1.82) is 0 Å². The van der Waals surface area contributed by atoms with Crippen molar-refractivity contribution in [2.24, 2.45) is 0 Å². The third-order valence-corrected chi connectivity index (χ3v) is 7.03. The Bertz CT molecular complexity index is 1430. The molecule has 0 saturated heterocycles. The maximum Gasteiger partial charge on any atom is 0.322 e. The molecular weight excluding hydrogens is 495 g/mol. The average Bonchev–Trinajstić information content (AvgIpc) is 3.27. The smallest absolute Gasteiger partial charge is 0.322 e. The zero-order valence-electron chi connectivity index (χ0n) is 21.6. The van der Waals surface area contributed by atoms with Gasteiger partial charge in [-0.25, -0.2) is 9.18 Å². The lowest BCUT2D eigenvalue weighted by molar-refractivity contribution is -0.134. The number of urea groups is 1. The second-order valence-corrected chi connectivity index (χ2v) is 9.69. The molecular formula is C31H29FN4O3. The van der Waals surface area contributed by atoms with E-state index in [0.717, 1.165) is 16.7 Å². The lowest BCUT2D eigenvalue weighted by Gasteiger charge is -2.33. The van der Waals surface area contributed by atoms with Crippen molar-refractivity contribution in [1.82, 2.24) is 15.1 Å². The van der Waals surface area contributed by atoms with Gasteiger partial charge in [0.1, 0.15) is 11.9 Å². The maximum atomic E-state index is 14.1. The standard InChI is InChI=1S/C31H29FN4O3/c1-3-17-35-26-19-36(30(38)27(26)28(34-31(35)39)22-11-9-20(2)10-12-22)25(18-21-7-5-4-6-8-21)29(37)33-24-15-13-23(32)14-16-24/h3-16,25,28H,1,17-19H2,2H3,(H,33,37)(H,34,39)/t25-,28+/m0/s1. The summed E-state index contributed by atoms with van der Waals surface area (Å²) in [7, 11) is 0. The third-order valence-electron chi connectivity index (χ3n) is 7.03. The van der Waals surface area contributed by atoms with Crippen molar-refractivity contribution < 1.29 is 18.8 Å². The summed E-state index contributed by atoms with van der Waals surface area (Å²) >= 11 is 0. The monoisotopic (exact) mass is 524 g/mol.